The fraction of sp³-hybridized carbons (Fsp3) is 0.261. The number of benzene rings is 2. The van der Waals surface area contributed by atoms with Crippen LogP contribution >= 0.6 is 0 Å². The SMILES string of the molecule is CC(C)C(=O)NCc1cnn(-c2ccc(C(=O)NC(C)c3ccc(F)cc3)cc2)c1. The van der Waals surface area contributed by atoms with E-state index in [1.54, 1.807) is 47.3 Å². The molecule has 6 nitrogen and oxygen atoms in total. The Morgan fingerprint density at radius 3 is 2.33 bits per heavy atom. The van der Waals surface area contributed by atoms with E-state index in [0.717, 1.165) is 16.8 Å². The van der Waals surface area contributed by atoms with Gasteiger partial charge in [0.25, 0.3) is 5.91 Å². The Labute approximate surface area is 175 Å². The van der Waals surface area contributed by atoms with Gasteiger partial charge in [-0.05, 0) is 48.9 Å². The van der Waals surface area contributed by atoms with E-state index in [9.17, 15) is 14.0 Å². The molecule has 0 aliphatic heterocycles. The minimum atomic E-state index is -0.308. The summed E-state index contributed by atoms with van der Waals surface area (Å²) in [6, 6.07) is 12.9. The van der Waals surface area contributed by atoms with Crippen molar-refractivity contribution in [2.75, 3.05) is 0 Å². The van der Waals surface area contributed by atoms with Gasteiger partial charge in [-0.2, -0.15) is 5.10 Å². The van der Waals surface area contributed by atoms with Crippen molar-refractivity contribution < 1.29 is 14.0 Å². The maximum Gasteiger partial charge on any atom is 0.251 e. The lowest BCUT2D eigenvalue weighted by Gasteiger charge is -2.14. The van der Waals surface area contributed by atoms with Crippen LogP contribution in [0.4, 0.5) is 4.39 Å². The molecule has 0 spiro atoms. The van der Waals surface area contributed by atoms with Gasteiger partial charge < -0.3 is 10.6 Å². The van der Waals surface area contributed by atoms with Crippen LogP contribution in [0.2, 0.25) is 0 Å². The quantitative estimate of drug-likeness (QED) is 0.625. The van der Waals surface area contributed by atoms with Crippen molar-refractivity contribution >= 4 is 11.8 Å². The number of carbonyl (C=O) groups excluding carboxylic acids is 2. The summed E-state index contributed by atoms with van der Waals surface area (Å²) in [6.07, 6.45) is 3.54. The first-order chi connectivity index (χ1) is 14.3. The molecule has 0 saturated heterocycles. The van der Waals surface area contributed by atoms with Crippen molar-refractivity contribution in [2.45, 2.75) is 33.4 Å². The van der Waals surface area contributed by atoms with Crippen LogP contribution in [-0.2, 0) is 11.3 Å². The first-order valence-electron chi connectivity index (χ1n) is 9.81. The summed E-state index contributed by atoms with van der Waals surface area (Å²) >= 11 is 0. The fourth-order valence-electron chi connectivity index (χ4n) is 2.87. The number of hydrogen-bond donors (Lipinski definition) is 2. The Hall–Kier alpha value is -3.48. The lowest BCUT2D eigenvalue weighted by Crippen LogP contribution is -2.26. The molecule has 1 aromatic heterocycles. The van der Waals surface area contributed by atoms with E-state index in [1.807, 2.05) is 27.0 Å². The van der Waals surface area contributed by atoms with Crippen molar-refractivity contribution in [2.24, 2.45) is 5.92 Å². The van der Waals surface area contributed by atoms with Crippen molar-refractivity contribution in [1.82, 2.24) is 20.4 Å². The van der Waals surface area contributed by atoms with Crippen molar-refractivity contribution in [3.63, 3.8) is 0 Å². The first-order valence-corrected chi connectivity index (χ1v) is 9.81. The molecular weight excluding hydrogens is 383 g/mol. The average Bonchev–Trinajstić information content (AvgIpc) is 3.21. The Morgan fingerprint density at radius 1 is 1.03 bits per heavy atom. The molecule has 1 unspecified atom stereocenters. The number of rotatable bonds is 7. The van der Waals surface area contributed by atoms with Crippen LogP contribution in [0.25, 0.3) is 5.69 Å². The second-order valence-corrected chi connectivity index (χ2v) is 7.46. The zero-order valence-corrected chi connectivity index (χ0v) is 17.2. The third kappa shape index (κ3) is 5.31. The fourth-order valence-corrected chi connectivity index (χ4v) is 2.87. The highest BCUT2D eigenvalue weighted by atomic mass is 19.1. The van der Waals surface area contributed by atoms with Crippen molar-refractivity contribution in [1.29, 1.82) is 0 Å². The van der Waals surface area contributed by atoms with Gasteiger partial charge >= 0.3 is 0 Å². The molecule has 3 rings (SSSR count). The molecule has 1 heterocycles. The maximum atomic E-state index is 13.1. The van der Waals surface area contributed by atoms with E-state index < -0.39 is 0 Å². The number of aromatic nitrogens is 2. The summed E-state index contributed by atoms with van der Waals surface area (Å²) in [5.41, 5.74) is 3.04. The van der Waals surface area contributed by atoms with Gasteiger partial charge in [0.05, 0.1) is 17.9 Å². The lowest BCUT2D eigenvalue weighted by molar-refractivity contribution is -0.124. The van der Waals surface area contributed by atoms with Gasteiger partial charge in [0.15, 0.2) is 0 Å². The Kier molecular flexibility index (Phi) is 6.61. The van der Waals surface area contributed by atoms with Crippen LogP contribution < -0.4 is 10.6 Å². The molecule has 3 aromatic rings. The molecule has 0 saturated carbocycles. The van der Waals surface area contributed by atoms with Crippen LogP contribution in [0.5, 0.6) is 0 Å². The predicted octanol–water partition coefficient (Wildman–Crippen LogP) is 3.77. The molecule has 1 atom stereocenters. The smallest absolute Gasteiger partial charge is 0.251 e. The van der Waals surface area contributed by atoms with Crippen molar-refractivity contribution in [3.8, 4) is 5.69 Å². The Balaban J connectivity index is 1.61. The summed E-state index contributed by atoms with van der Waals surface area (Å²) < 4.78 is 14.7. The van der Waals surface area contributed by atoms with Gasteiger partial charge in [0, 0.05) is 29.8 Å². The molecule has 30 heavy (non-hydrogen) atoms. The minimum absolute atomic E-state index is 0.00650. The van der Waals surface area contributed by atoms with E-state index >= 15 is 0 Å². The largest absolute Gasteiger partial charge is 0.352 e. The topological polar surface area (TPSA) is 76.0 Å². The van der Waals surface area contributed by atoms with Gasteiger partial charge in [-0.3, -0.25) is 9.59 Å². The third-order valence-electron chi connectivity index (χ3n) is 4.74. The predicted molar refractivity (Wildman–Crippen MR) is 113 cm³/mol. The lowest BCUT2D eigenvalue weighted by atomic mass is 10.1. The number of amides is 2. The summed E-state index contributed by atoms with van der Waals surface area (Å²) in [5, 5.41) is 10.1. The molecule has 2 aromatic carbocycles. The van der Waals surface area contributed by atoms with Gasteiger partial charge in [-0.15, -0.1) is 0 Å². The zero-order chi connectivity index (χ0) is 21.7. The van der Waals surface area contributed by atoms with Crippen molar-refractivity contribution in [3.05, 3.63) is 83.4 Å². The molecule has 7 heteroatoms. The van der Waals surface area contributed by atoms with Crippen LogP contribution in [0.3, 0.4) is 0 Å². The first kappa shape index (κ1) is 21.2. The molecule has 0 fully saturated rings. The Bertz CT molecular complexity index is 1010. The zero-order valence-electron chi connectivity index (χ0n) is 17.2. The van der Waals surface area contributed by atoms with Crippen LogP contribution in [0, 0.1) is 11.7 Å². The molecule has 0 bridgehead atoms. The molecular formula is C23H25FN4O2. The van der Waals surface area contributed by atoms with E-state index in [1.165, 1.54) is 12.1 Å². The number of hydrogen-bond acceptors (Lipinski definition) is 3. The second kappa shape index (κ2) is 9.35. The summed E-state index contributed by atoms with van der Waals surface area (Å²) in [5.74, 6) is -0.592. The second-order valence-electron chi connectivity index (χ2n) is 7.46. The molecule has 0 radical (unpaired) electrons. The monoisotopic (exact) mass is 408 g/mol. The van der Waals surface area contributed by atoms with Crippen LogP contribution in [0.1, 0.15) is 48.3 Å². The summed E-state index contributed by atoms with van der Waals surface area (Å²) in [6.45, 7) is 5.95. The van der Waals surface area contributed by atoms with E-state index in [0.29, 0.717) is 12.1 Å². The maximum absolute atomic E-state index is 13.1. The standard InChI is InChI=1S/C23H25FN4O2/c1-15(2)22(29)25-12-17-13-26-28(14-17)21-10-6-19(7-11-21)23(30)27-16(3)18-4-8-20(24)9-5-18/h4-11,13-16H,12H2,1-3H3,(H,25,29)(H,27,30). The Morgan fingerprint density at radius 2 is 1.70 bits per heavy atom. The molecule has 0 aliphatic rings. The van der Waals surface area contributed by atoms with Gasteiger partial charge in [-0.1, -0.05) is 26.0 Å². The molecule has 0 aliphatic carbocycles. The van der Waals surface area contributed by atoms with Crippen LogP contribution in [0.15, 0.2) is 60.9 Å². The summed E-state index contributed by atoms with van der Waals surface area (Å²) in [4.78, 5) is 24.2. The van der Waals surface area contributed by atoms with Gasteiger partial charge in [0.1, 0.15) is 5.82 Å². The van der Waals surface area contributed by atoms with E-state index in [-0.39, 0.29) is 29.6 Å². The van der Waals surface area contributed by atoms with Gasteiger partial charge in [-0.25, -0.2) is 9.07 Å². The highest BCUT2D eigenvalue weighted by molar-refractivity contribution is 5.94. The molecule has 156 valence electrons. The molecule has 2 N–H and O–H groups in total. The summed E-state index contributed by atoms with van der Waals surface area (Å²) in [7, 11) is 0. The van der Waals surface area contributed by atoms with E-state index in [2.05, 4.69) is 15.7 Å². The highest BCUT2D eigenvalue weighted by Crippen LogP contribution is 2.15. The number of nitrogens with one attached hydrogen (secondary N) is 2. The highest BCUT2D eigenvalue weighted by Gasteiger charge is 2.12. The third-order valence-corrected chi connectivity index (χ3v) is 4.74. The number of nitrogens with zero attached hydrogens (tertiary/aromatic N) is 2. The number of carbonyl (C=O) groups is 2. The van der Waals surface area contributed by atoms with Crippen LogP contribution in [-0.4, -0.2) is 21.6 Å². The number of halogens is 1. The average molecular weight is 408 g/mol. The minimum Gasteiger partial charge on any atom is -0.352 e. The van der Waals surface area contributed by atoms with Gasteiger partial charge in [0.2, 0.25) is 5.91 Å². The normalized spacial score (nSPS) is 11.9. The molecule has 2 amide bonds. The van der Waals surface area contributed by atoms with E-state index in [4.69, 9.17) is 0 Å².